The molecule has 0 aliphatic carbocycles. The monoisotopic (exact) mass is 321 g/mol. The fourth-order valence-electron chi connectivity index (χ4n) is 1.85. The molecule has 2 aromatic rings. The Kier molecular flexibility index (Phi) is 4.37. The molecule has 0 saturated carbocycles. The Balaban J connectivity index is 1.93. The van der Waals surface area contributed by atoms with Gasteiger partial charge in [0.1, 0.15) is 0 Å². The SMILES string of the molecule is Cc1c(Br)cccc1C(=O)NCCc1ccn(C)n1. The minimum absolute atomic E-state index is 0.0465. The summed E-state index contributed by atoms with van der Waals surface area (Å²) >= 11 is 3.43. The van der Waals surface area contributed by atoms with Crippen LogP contribution in [0.1, 0.15) is 21.6 Å². The molecule has 1 amide bonds. The van der Waals surface area contributed by atoms with E-state index in [2.05, 4.69) is 26.3 Å². The predicted octanol–water partition coefficient (Wildman–Crippen LogP) is 2.46. The fourth-order valence-corrected chi connectivity index (χ4v) is 2.22. The van der Waals surface area contributed by atoms with Gasteiger partial charge in [0.25, 0.3) is 5.91 Å². The number of nitrogens with one attached hydrogen (secondary N) is 1. The predicted molar refractivity (Wildman–Crippen MR) is 78.1 cm³/mol. The lowest BCUT2D eigenvalue weighted by molar-refractivity contribution is 0.0953. The Bertz CT molecular complexity index is 592. The zero-order valence-electron chi connectivity index (χ0n) is 11.0. The van der Waals surface area contributed by atoms with E-state index in [1.165, 1.54) is 0 Å². The molecule has 5 heteroatoms. The van der Waals surface area contributed by atoms with E-state index >= 15 is 0 Å². The van der Waals surface area contributed by atoms with Gasteiger partial charge < -0.3 is 5.32 Å². The molecule has 1 N–H and O–H groups in total. The van der Waals surface area contributed by atoms with Crippen LogP contribution in [0.4, 0.5) is 0 Å². The van der Waals surface area contributed by atoms with Crippen molar-refractivity contribution in [2.75, 3.05) is 6.54 Å². The highest BCUT2D eigenvalue weighted by Gasteiger charge is 2.10. The van der Waals surface area contributed by atoms with Crippen LogP contribution in [0.25, 0.3) is 0 Å². The van der Waals surface area contributed by atoms with Crippen molar-refractivity contribution in [1.29, 1.82) is 0 Å². The lowest BCUT2D eigenvalue weighted by atomic mass is 10.1. The molecular weight excluding hydrogens is 306 g/mol. The number of aromatic nitrogens is 2. The number of benzene rings is 1. The molecule has 0 bridgehead atoms. The number of aryl methyl sites for hydroxylation is 1. The molecule has 0 aliphatic rings. The van der Waals surface area contributed by atoms with Crippen LogP contribution in [-0.4, -0.2) is 22.2 Å². The van der Waals surface area contributed by atoms with Gasteiger partial charge in [-0.25, -0.2) is 0 Å². The third kappa shape index (κ3) is 3.44. The van der Waals surface area contributed by atoms with E-state index in [1.54, 1.807) is 4.68 Å². The number of halogens is 1. The van der Waals surface area contributed by atoms with Gasteiger partial charge in [-0.2, -0.15) is 5.10 Å². The molecule has 4 nitrogen and oxygen atoms in total. The molecule has 0 saturated heterocycles. The highest BCUT2D eigenvalue weighted by Crippen LogP contribution is 2.19. The second kappa shape index (κ2) is 6.02. The Morgan fingerprint density at radius 2 is 2.21 bits per heavy atom. The summed E-state index contributed by atoms with van der Waals surface area (Å²) in [5.74, 6) is -0.0465. The molecular formula is C14H16BrN3O. The quantitative estimate of drug-likeness (QED) is 0.940. The molecule has 0 aliphatic heterocycles. The maximum Gasteiger partial charge on any atom is 0.251 e. The summed E-state index contributed by atoms with van der Waals surface area (Å²) in [5, 5.41) is 7.19. The van der Waals surface area contributed by atoms with Crippen LogP contribution in [0.3, 0.4) is 0 Å². The smallest absolute Gasteiger partial charge is 0.251 e. The van der Waals surface area contributed by atoms with E-state index in [1.807, 2.05) is 44.4 Å². The summed E-state index contributed by atoms with van der Waals surface area (Å²) < 4.78 is 2.71. The van der Waals surface area contributed by atoms with Crippen LogP contribution in [-0.2, 0) is 13.5 Å². The number of nitrogens with zero attached hydrogens (tertiary/aromatic N) is 2. The second-order valence-electron chi connectivity index (χ2n) is 4.40. The molecule has 0 atom stereocenters. The summed E-state index contributed by atoms with van der Waals surface area (Å²) in [6.07, 6.45) is 2.63. The summed E-state index contributed by atoms with van der Waals surface area (Å²) in [5.41, 5.74) is 2.64. The Morgan fingerprint density at radius 1 is 1.42 bits per heavy atom. The van der Waals surface area contributed by atoms with E-state index < -0.39 is 0 Å². The molecule has 2 rings (SSSR count). The van der Waals surface area contributed by atoms with Crippen LogP contribution in [0.15, 0.2) is 34.9 Å². The van der Waals surface area contributed by atoms with Crippen molar-refractivity contribution in [2.24, 2.45) is 7.05 Å². The number of amides is 1. The van der Waals surface area contributed by atoms with Crippen molar-refractivity contribution in [3.8, 4) is 0 Å². The first kappa shape index (κ1) is 13.8. The van der Waals surface area contributed by atoms with E-state index in [4.69, 9.17) is 0 Å². The van der Waals surface area contributed by atoms with Gasteiger partial charge in [-0.15, -0.1) is 0 Å². The third-order valence-electron chi connectivity index (χ3n) is 2.95. The van der Waals surface area contributed by atoms with Gasteiger partial charge >= 0.3 is 0 Å². The summed E-state index contributed by atoms with van der Waals surface area (Å²) in [4.78, 5) is 12.1. The van der Waals surface area contributed by atoms with Gasteiger partial charge in [-0.1, -0.05) is 22.0 Å². The summed E-state index contributed by atoms with van der Waals surface area (Å²) in [6.45, 7) is 2.51. The highest BCUT2D eigenvalue weighted by molar-refractivity contribution is 9.10. The van der Waals surface area contributed by atoms with Crippen molar-refractivity contribution in [2.45, 2.75) is 13.3 Å². The lowest BCUT2D eigenvalue weighted by Crippen LogP contribution is -2.26. The van der Waals surface area contributed by atoms with E-state index in [-0.39, 0.29) is 5.91 Å². The van der Waals surface area contributed by atoms with Gasteiger partial charge in [0.15, 0.2) is 0 Å². The number of hydrogen-bond acceptors (Lipinski definition) is 2. The topological polar surface area (TPSA) is 46.9 Å². The van der Waals surface area contributed by atoms with Crippen LogP contribution in [0, 0.1) is 6.92 Å². The highest BCUT2D eigenvalue weighted by atomic mass is 79.9. The molecule has 0 radical (unpaired) electrons. The Morgan fingerprint density at radius 3 is 2.89 bits per heavy atom. The van der Waals surface area contributed by atoms with Gasteiger partial charge in [0.05, 0.1) is 5.69 Å². The minimum Gasteiger partial charge on any atom is -0.352 e. The maximum absolute atomic E-state index is 12.1. The molecule has 1 aromatic heterocycles. The molecule has 100 valence electrons. The van der Waals surface area contributed by atoms with Crippen LogP contribution in [0.2, 0.25) is 0 Å². The van der Waals surface area contributed by atoms with E-state index in [9.17, 15) is 4.79 Å². The Labute approximate surface area is 120 Å². The zero-order chi connectivity index (χ0) is 13.8. The molecule has 0 unspecified atom stereocenters. The first-order chi connectivity index (χ1) is 9.08. The minimum atomic E-state index is -0.0465. The number of carbonyl (C=O) groups excluding carboxylic acids is 1. The van der Waals surface area contributed by atoms with E-state index in [0.717, 1.165) is 22.2 Å². The summed E-state index contributed by atoms with van der Waals surface area (Å²) in [6, 6.07) is 7.58. The first-order valence-electron chi connectivity index (χ1n) is 6.10. The molecule has 19 heavy (non-hydrogen) atoms. The largest absolute Gasteiger partial charge is 0.352 e. The van der Waals surface area contributed by atoms with Crippen LogP contribution >= 0.6 is 15.9 Å². The first-order valence-corrected chi connectivity index (χ1v) is 6.89. The summed E-state index contributed by atoms with van der Waals surface area (Å²) in [7, 11) is 1.88. The lowest BCUT2D eigenvalue weighted by Gasteiger charge is -2.08. The molecule has 0 spiro atoms. The number of carbonyl (C=O) groups is 1. The normalized spacial score (nSPS) is 10.5. The van der Waals surface area contributed by atoms with Crippen molar-refractivity contribution >= 4 is 21.8 Å². The second-order valence-corrected chi connectivity index (χ2v) is 5.25. The van der Waals surface area contributed by atoms with E-state index in [0.29, 0.717) is 12.1 Å². The van der Waals surface area contributed by atoms with Crippen molar-refractivity contribution < 1.29 is 4.79 Å². The molecule has 0 fully saturated rings. The van der Waals surface area contributed by atoms with Gasteiger partial charge in [-0.05, 0) is 30.7 Å². The Hall–Kier alpha value is -1.62. The average Bonchev–Trinajstić information content (AvgIpc) is 2.78. The molecule has 1 heterocycles. The fraction of sp³-hybridized carbons (Fsp3) is 0.286. The van der Waals surface area contributed by atoms with Crippen molar-refractivity contribution in [3.63, 3.8) is 0 Å². The zero-order valence-corrected chi connectivity index (χ0v) is 12.6. The van der Waals surface area contributed by atoms with Crippen molar-refractivity contribution in [1.82, 2.24) is 15.1 Å². The van der Waals surface area contributed by atoms with Gasteiger partial charge in [0, 0.05) is 36.2 Å². The third-order valence-corrected chi connectivity index (χ3v) is 3.81. The van der Waals surface area contributed by atoms with Gasteiger partial charge in [-0.3, -0.25) is 9.48 Å². The average molecular weight is 322 g/mol. The number of hydrogen-bond donors (Lipinski definition) is 1. The van der Waals surface area contributed by atoms with Crippen LogP contribution in [0.5, 0.6) is 0 Å². The van der Waals surface area contributed by atoms with Crippen LogP contribution < -0.4 is 5.32 Å². The standard InChI is InChI=1S/C14H16BrN3O/c1-10-12(4-3-5-13(10)15)14(19)16-8-6-11-7-9-18(2)17-11/h3-5,7,9H,6,8H2,1-2H3,(H,16,19). The molecule has 1 aromatic carbocycles. The van der Waals surface area contributed by atoms with Crippen molar-refractivity contribution in [3.05, 3.63) is 51.8 Å². The number of rotatable bonds is 4. The maximum atomic E-state index is 12.1. The van der Waals surface area contributed by atoms with Gasteiger partial charge in [0.2, 0.25) is 0 Å².